The molecule has 0 aromatic heterocycles. The van der Waals surface area contributed by atoms with E-state index in [-0.39, 0.29) is 11.6 Å². The quantitative estimate of drug-likeness (QED) is 0.476. The number of hydrogen-bond acceptors (Lipinski definition) is 4. The number of thioether (sulfide) groups is 2. The summed E-state index contributed by atoms with van der Waals surface area (Å²) in [6.07, 6.45) is 5.43. The Morgan fingerprint density at radius 3 is 1.35 bits per heavy atom. The molecule has 2 nitrogen and oxygen atoms in total. The van der Waals surface area contributed by atoms with Crippen LogP contribution in [-0.4, -0.2) is 24.1 Å². The van der Waals surface area contributed by atoms with Crippen molar-refractivity contribution in [1.82, 2.24) is 0 Å². The normalized spacial score (nSPS) is 10.5. The van der Waals surface area contributed by atoms with Crippen molar-refractivity contribution < 1.29 is 9.59 Å². The topological polar surface area (TPSA) is 34.1 Å². The third-order valence-electron chi connectivity index (χ3n) is 3.63. The summed E-state index contributed by atoms with van der Waals surface area (Å²) < 4.78 is 0. The first kappa shape index (κ1) is 17.8. The summed E-state index contributed by atoms with van der Waals surface area (Å²) in [6.45, 7) is 0. The summed E-state index contributed by atoms with van der Waals surface area (Å²) in [6, 6.07) is 15.3. The lowest BCUT2D eigenvalue weighted by molar-refractivity contribution is 0.0957. The lowest BCUT2D eigenvalue weighted by Crippen LogP contribution is -2.03. The zero-order valence-corrected chi connectivity index (χ0v) is 15.0. The Bertz CT molecular complexity index is 601. The van der Waals surface area contributed by atoms with Crippen molar-refractivity contribution in [2.45, 2.75) is 29.1 Å². The first-order valence-electron chi connectivity index (χ1n) is 7.48. The molecule has 0 unspecified atom stereocenters. The van der Waals surface area contributed by atoms with Crippen LogP contribution in [-0.2, 0) is 0 Å². The lowest BCUT2D eigenvalue weighted by Gasteiger charge is -2.04. The molecule has 0 N–H and O–H groups in total. The van der Waals surface area contributed by atoms with Crippen molar-refractivity contribution in [2.75, 3.05) is 12.5 Å². The largest absolute Gasteiger partial charge is 0.294 e. The first-order chi connectivity index (χ1) is 11.1. The van der Waals surface area contributed by atoms with Crippen molar-refractivity contribution in [3.63, 3.8) is 0 Å². The molecule has 120 valence electrons. The minimum absolute atomic E-state index is 0.100. The van der Waals surface area contributed by atoms with E-state index in [0.717, 1.165) is 20.9 Å². The van der Waals surface area contributed by atoms with Crippen LogP contribution in [0.3, 0.4) is 0 Å². The summed E-state index contributed by atoms with van der Waals surface area (Å²) in [4.78, 5) is 26.5. The summed E-state index contributed by atoms with van der Waals surface area (Å²) in [7, 11) is 0. The smallest absolute Gasteiger partial charge is 0.162 e. The average Bonchev–Trinajstić information content (AvgIpc) is 2.61. The van der Waals surface area contributed by atoms with Gasteiger partial charge in [0.2, 0.25) is 0 Å². The number of hydrogen-bond donors (Lipinski definition) is 0. The fourth-order valence-corrected chi connectivity index (χ4v) is 3.07. The molecule has 0 atom stereocenters. The Hall–Kier alpha value is -1.52. The molecule has 2 aromatic carbocycles. The Labute approximate surface area is 146 Å². The van der Waals surface area contributed by atoms with Crippen LogP contribution in [0.2, 0.25) is 0 Å². The Morgan fingerprint density at radius 2 is 1.04 bits per heavy atom. The van der Waals surface area contributed by atoms with Gasteiger partial charge in [-0.3, -0.25) is 9.59 Å². The van der Waals surface area contributed by atoms with Gasteiger partial charge in [-0.1, -0.05) is 24.3 Å². The number of rotatable bonds is 8. The molecule has 0 spiro atoms. The van der Waals surface area contributed by atoms with Gasteiger partial charge < -0.3 is 0 Å². The fourth-order valence-electron chi connectivity index (χ4n) is 2.25. The zero-order chi connectivity index (χ0) is 16.7. The van der Waals surface area contributed by atoms with Gasteiger partial charge in [-0.15, -0.1) is 23.5 Å². The Balaban J connectivity index is 1.83. The predicted molar refractivity (Wildman–Crippen MR) is 99.0 cm³/mol. The van der Waals surface area contributed by atoms with Crippen molar-refractivity contribution in [3.8, 4) is 0 Å². The molecule has 0 aliphatic carbocycles. The molecule has 0 bridgehead atoms. The third kappa shape index (κ3) is 5.26. The van der Waals surface area contributed by atoms with Gasteiger partial charge in [-0.05, 0) is 43.2 Å². The minimum Gasteiger partial charge on any atom is -0.294 e. The van der Waals surface area contributed by atoms with Gasteiger partial charge >= 0.3 is 0 Å². The van der Waals surface area contributed by atoms with Crippen LogP contribution in [0.4, 0.5) is 0 Å². The first-order valence-corrected chi connectivity index (χ1v) is 9.93. The van der Waals surface area contributed by atoms with Crippen LogP contribution in [0.5, 0.6) is 0 Å². The number of benzene rings is 2. The van der Waals surface area contributed by atoms with Crippen molar-refractivity contribution in [1.29, 1.82) is 0 Å². The van der Waals surface area contributed by atoms with Gasteiger partial charge in [-0.2, -0.15) is 0 Å². The number of ketones is 2. The second-order valence-corrected chi connectivity index (χ2v) is 6.92. The van der Waals surface area contributed by atoms with Crippen LogP contribution in [0.15, 0.2) is 58.3 Å². The number of carbonyl (C=O) groups excluding carboxylic acids is 2. The molecular weight excluding hydrogens is 324 g/mol. The van der Waals surface area contributed by atoms with Crippen molar-refractivity contribution >= 4 is 35.1 Å². The highest BCUT2D eigenvalue weighted by molar-refractivity contribution is 7.98. The third-order valence-corrected chi connectivity index (χ3v) is 5.12. The van der Waals surface area contributed by atoms with Gasteiger partial charge in [0.1, 0.15) is 0 Å². The molecule has 0 aliphatic rings. The molecule has 0 radical (unpaired) electrons. The number of carbonyl (C=O) groups is 2. The van der Waals surface area contributed by atoms with Crippen LogP contribution in [0, 0.1) is 0 Å². The maximum Gasteiger partial charge on any atom is 0.162 e. The van der Waals surface area contributed by atoms with E-state index in [1.807, 2.05) is 61.0 Å². The molecular formula is C19H20O2S2. The van der Waals surface area contributed by atoms with E-state index in [9.17, 15) is 9.59 Å². The van der Waals surface area contributed by atoms with Crippen LogP contribution < -0.4 is 0 Å². The second kappa shape index (κ2) is 8.94. The van der Waals surface area contributed by atoms with E-state index in [1.54, 1.807) is 23.5 Å². The highest BCUT2D eigenvalue weighted by Crippen LogP contribution is 2.18. The molecule has 23 heavy (non-hydrogen) atoms. The Kier molecular flexibility index (Phi) is 6.93. The molecule has 0 aliphatic heterocycles. The molecule has 4 heteroatoms. The number of Topliss-reactive ketones (excluding diaryl/α,β-unsaturated/α-hetero) is 2. The van der Waals surface area contributed by atoms with Crippen LogP contribution >= 0.6 is 23.5 Å². The molecule has 0 saturated carbocycles. The molecule has 0 heterocycles. The van der Waals surface area contributed by atoms with Gasteiger partial charge in [0.15, 0.2) is 11.6 Å². The molecule has 0 amide bonds. The second-order valence-electron chi connectivity index (χ2n) is 5.16. The van der Waals surface area contributed by atoms with Gasteiger partial charge in [0, 0.05) is 33.8 Å². The molecule has 0 fully saturated rings. The monoisotopic (exact) mass is 344 g/mol. The highest BCUT2D eigenvalue weighted by atomic mass is 32.2. The van der Waals surface area contributed by atoms with E-state index in [4.69, 9.17) is 0 Å². The van der Waals surface area contributed by atoms with Gasteiger partial charge in [-0.25, -0.2) is 0 Å². The summed E-state index contributed by atoms with van der Waals surface area (Å²) in [5.74, 6) is 0.200. The summed E-state index contributed by atoms with van der Waals surface area (Å²) in [5, 5.41) is 0. The van der Waals surface area contributed by atoms with E-state index in [0.29, 0.717) is 19.3 Å². The van der Waals surface area contributed by atoms with E-state index in [2.05, 4.69) is 0 Å². The van der Waals surface area contributed by atoms with Crippen LogP contribution in [0.25, 0.3) is 0 Å². The maximum absolute atomic E-state index is 12.1. The lowest BCUT2D eigenvalue weighted by atomic mass is 10.0. The van der Waals surface area contributed by atoms with Crippen LogP contribution in [0.1, 0.15) is 40.0 Å². The molecule has 2 aromatic rings. The van der Waals surface area contributed by atoms with E-state index in [1.165, 1.54) is 0 Å². The van der Waals surface area contributed by atoms with Crippen molar-refractivity contribution in [3.05, 3.63) is 59.7 Å². The minimum atomic E-state index is 0.100. The summed E-state index contributed by atoms with van der Waals surface area (Å²) >= 11 is 3.31. The summed E-state index contributed by atoms with van der Waals surface area (Å²) in [5.41, 5.74) is 1.44. The molecule has 2 rings (SSSR count). The van der Waals surface area contributed by atoms with E-state index >= 15 is 0 Å². The predicted octanol–water partition coefficient (Wildman–Crippen LogP) is 5.37. The van der Waals surface area contributed by atoms with Gasteiger partial charge in [0.25, 0.3) is 0 Å². The highest BCUT2D eigenvalue weighted by Gasteiger charge is 2.09. The molecule has 0 saturated heterocycles. The van der Waals surface area contributed by atoms with Crippen molar-refractivity contribution in [2.24, 2.45) is 0 Å². The SMILES string of the molecule is CSc1ccc(C(=O)CCCC(=O)c2ccc(SC)cc2)cc1. The standard InChI is InChI=1S/C19H20O2S2/c1-22-16-10-6-14(7-11-16)18(20)4-3-5-19(21)15-8-12-17(23-2)13-9-15/h6-13H,3-5H2,1-2H3. The Morgan fingerprint density at radius 1 is 0.696 bits per heavy atom. The van der Waals surface area contributed by atoms with Gasteiger partial charge in [0.05, 0.1) is 0 Å². The fraction of sp³-hybridized carbons (Fsp3) is 0.263. The maximum atomic E-state index is 12.1. The van der Waals surface area contributed by atoms with E-state index < -0.39 is 0 Å². The zero-order valence-electron chi connectivity index (χ0n) is 13.4. The average molecular weight is 345 g/mol.